The third-order valence-electron chi connectivity index (χ3n) is 1.02. The van der Waals surface area contributed by atoms with E-state index in [1.54, 1.807) is 25.3 Å². The lowest BCUT2D eigenvalue weighted by Gasteiger charge is -1.97. The molecule has 1 aromatic carbocycles. The molecule has 2 heteroatoms. The summed E-state index contributed by atoms with van der Waals surface area (Å²) in [6.45, 7) is 0. The highest BCUT2D eigenvalue weighted by Crippen LogP contribution is 2.11. The first-order chi connectivity index (χ1) is 4.33. The molecule has 0 unspecified atom stereocenters. The molecular formula is C7H8NO. The second-order valence-electron chi connectivity index (χ2n) is 1.69. The lowest BCUT2D eigenvalue weighted by atomic mass is 10.3. The molecule has 0 bridgehead atoms. The van der Waals surface area contributed by atoms with Crippen molar-refractivity contribution >= 4 is 5.69 Å². The molecule has 47 valence electrons. The molecule has 9 heavy (non-hydrogen) atoms. The predicted octanol–water partition coefficient (Wildman–Crippen LogP) is 1.08. The molecule has 1 aromatic rings. The second-order valence-corrected chi connectivity index (χ2v) is 1.69. The summed E-state index contributed by atoms with van der Waals surface area (Å²) in [5.74, 6) is 0.676. The minimum Gasteiger partial charge on any atom is -0.496 e. The minimum atomic E-state index is 0.676. The van der Waals surface area contributed by atoms with E-state index < -0.39 is 0 Å². The van der Waals surface area contributed by atoms with Crippen LogP contribution < -0.4 is 10.5 Å². The van der Waals surface area contributed by atoms with E-state index in [1.165, 1.54) is 0 Å². The maximum atomic E-state index is 5.43. The number of nitrogens with two attached hydrogens (primary N) is 1. The van der Waals surface area contributed by atoms with Gasteiger partial charge in [0.25, 0.3) is 0 Å². The first kappa shape index (κ1) is 5.95. The van der Waals surface area contributed by atoms with Gasteiger partial charge < -0.3 is 10.5 Å². The van der Waals surface area contributed by atoms with Crippen LogP contribution in [-0.2, 0) is 0 Å². The average Bonchev–Trinajstić information content (AvgIpc) is 1.88. The molecule has 1 rings (SSSR count). The van der Waals surface area contributed by atoms with Gasteiger partial charge in [-0.05, 0) is 12.1 Å². The van der Waals surface area contributed by atoms with Crippen molar-refractivity contribution < 1.29 is 4.74 Å². The number of hydrogen-bond donors (Lipinski definition) is 1. The molecule has 2 N–H and O–H groups in total. The number of hydrogen-bond acceptors (Lipinski definition) is 2. The number of benzene rings is 1. The Hall–Kier alpha value is -1.18. The summed E-state index contributed by atoms with van der Waals surface area (Å²) in [5.41, 5.74) is 6.13. The summed E-state index contributed by atoms with van der Waals surface area (Å²) < 4.78 is 4.86. The maximum Gasteiger partial charge on any atom is 0.128 e. The zero-order valence-electron chi connectivity index (χ0n) is 5.22. The van der Waals surface area contributed by atoms with Crippen LogP contribution in [0.5, 0.6) is 5.75 Å². The van der Waals surface area contributed by atoms with Crippen molar-refractivity contribution in [3.8, 4) is 5.75 Å². The van der Waals surface area contributed by atoms with E-state index >= 15 is 0 Å². The van der Waals surface area contributed by atoms with Gasteiger partial charge in [-0.25, -0.2) is 0 Å². The van der Waals surface area contributed by atoms with E-state index in [0.29, 0.717) is 11.4 Å². The van der Waals surface area contributed by atoms with E-state index in [1.807, 2.05) is 0 Å². The third-order valence-corrected chi connectivity index (χ3v) is 1.02. The molecule has 0 spiro atoms. The number of nitrogen functional groups attached to an aromatic ring is 1. The van der Waals surface area contributed by atoms with E-state index in [2.05, 4.69) is 6.07 Å². The van der Waals surface area contributed by atoms with Crippen LogP contribution in [0.4, 0.5) is 5.69 Å². The standard InChI is InChI=1S/C7H8NO/c1-9-7-4-2-3-6(8)5-7/h2-3,5H,8H2,1H3. The average molecular weight is 122 g/mol. The van der Waals surface area contributed by atoms with Gasteiger partial charge in [0.05, 0.1) is 7.11 Å². The Bertz CT molecular complexity index is 198. The van der Waals surface area contributed by atoms with Gasteiger partial charge in [-0.3, -0.25) is 0 Å². The topological polar surface area (TPSA) is 35.2 Å². The molecular weight excluding hydrogens is 114 g/mol. The fourth-order valence-corrected chi connectivity index (χ4v) is 0.579. The molecule has 0 aromatic heterocycles. The van der Waals surface area contributed by atoms with Crippen molar-refractivity contribution in [1.29, 1.82) is 0 Å². The molecule has 0 aliphatic rings. The van der Waals surface area contributed by atoms with Crippen LogP contribution in [0.15, 0.2) is 18.2 Å². The summed E-state index contributed by atoms with van der Waals surface area (Å²) >= 11 is 0. The van der Waals surface area contributed by atoms with E-state index in [9.17, 15) is 0 Å². The Labute approximate surface area is 54.2 Å². The molecule has 0 aliphatic carbocycles. The molecule has 0 saturated carbocycles. The van der Waals surface area contributed by atoms with Gasteiger partial charge in [-0.2, -0.15) is 0 Å². The smallest absolute Gasteiger partial charge is 0.128 e. The van der Waals surface area contributed by atoms with Gasteiger partial charge in [-0.15, -0.1) is 0 Å². The Kier molecular flexibility index (Phi) is 1.58. The first-order valence-corrected chi connectivity index (χ1v) is 2.64. The van der Waals surface area contributed by atoms with Gasteiger partial charge >= 0.3 is 0 Å². The zero-order valence-corrected chi connectivity index (χ0v) is 5.22. The molecule has 0 saturated heterocycles. The second kappa shape index (κ2) is 2.40. The SMILES string of the molecule is COc1[c]ccc(N)c1. The van der Waals surface area contributed by atoms with Crippen molar-refractivity contribution in [2.45, 2.75) is 0 Å². The molecule has 0 heterocycles. The normalized spacial score (nSPS) is 9.00. The number of ether oxygens (including phenoxy) is 1. The van der Waals surface area contributed by atoms with Gasteiger partial charge in [0.15, 0.2) is 0 Å². The van der Waals surface area contributed by atoms with Crippen LogP contribution >= 0.6 is 0 Å². The van der Waals surface area contributed by atoms with Crippen molar-refractivity contribution in [3.63, 3.8) is 0 Å². The highest BCUT2D eigenvalue weighted by atomic mass is 16.5. The van der Waals surface area contributed by atoms with Gasteiger partial charge in [-0.1, -0.05) is 0 Å². The summed E-state index contributed by atoms with van der Waals surface area (Å²) in [6.07, 6.45) is 0. The number of anilines is 1. The van der Waals surface area contributed by atoms with Gasteiger partial charge in [0.1, 0.15) is 5.75 Å². The molecule has 1 radical (unpaired) electrons. The van der Waals surface area contributed by atoms with Crippen LogP contribution in [0, 0.1) is 6.07 Å². The summed E-state index contributed by atoms with van der Waals surface area (Å²) in [5, 5.41) is 0. The number of rotatable bonds is 1. The molecule has 0 atom stereocenters. The minimum absolute atomic E-state index is 0.676. The van der Waals surface area contributed by atoms with Crippen LogP contribution in [0.1, 0.15) is 0 Å². The maximum absolute atomic E-state index is 5.43. The number of methoxy groups -OCH3 is 1. The summed E-state index contributed by atoms with van der Waals surface area (Å²) in [7, 11) is 1.59. The lowest BCUT2D eigenvalue weighted by Crippen LogP contribution is -1.86. The highest BCUT2D eigenvalue weighted by molar-refractivity contribution is 5.42. The Morgan fingerprint density at radius 1 is 1.67 bits per heavy atom. The van der Waals surface area contributed by atoms with E-state index in [0.717, 1.165) is 0 Å². The van der Waals surface area contributed by atoms with Crippen LogP contribution in [0.2, 0.25) is 0 Å². The van der Waals surface area contributed by atoms with Crippen molar-refractivity contribution in [2.24, 2.45) is 0 Å². The summed E-state index contributed by atoms with van der Waals surface area (Å²) in [6, 6.07) is 8.08. The van der Waals surface area contributed by atoms with Crippen molar-refractivity contribution in [2.75, 3.05) is 12.8 Å². The largest absolute Gasteiger partial charge is 0.496 e. The fourth-order valence-electron chi connectivity index (χ4n) is 0.579. The van der Waals surface area contributed by atoms with Crippen molar-refractivity contribution in [3.05, 3.63) is 24.3 Å². The van der Waals surface area contributed by atoms with Crippen LogP contribution in [0.25, 0.3) is 0 Å². The van der Waals surface area contributed by atoms with E-state index in [-0.39, 0.29) is 0 Å². The Balaban J connectivity index is 2.94. The van der Waals surface area contributed by atoms with Crippen LogP contribution in [-0.4, -0.2) is 7.11 Å². The molecule has 0 fully saturated rings. The fraction of sp³-hybridized carbons (Fsp3) is 0.143. The predicted molar refractivity (Wildman–Crippen MR) is 36.2 cm³/mol. The van der Waals surface area contributed by atoms with Gasteiger partial charge in [0.2, 0.25) is 0 Å². The van der Waals surface area contributed by atoms with Gasteiger partial charge in [0, 0.05) is 17.8 Å². The monoisotopic (exact) mass is 122 g/mol. The first-order valence-electron chi connectivity index (χ1n) is 2.64. The van der Waals surface area contributed by atoms with Crippen LogP contribution in [0.3, 0.4) is 0 Å². The Morgan fingerprint density at radius 3 is 2.89 bits per heavy atom. The summed E-state index contributed by atoms with van der Waals surface area (Å²) in [4.78, 5) is 0. The molecule has 0 aliphatic heterocycles. The third kappa shape index (κ3) is 1.35. The molecule has 2 nitrogen and oxygen atoms in total. The van der Waals surface area contributed by atoms with E-state index in [4.69, 9.17) is 10.5 Å². The Morgan fingerprint density at radius 2 is 2.44 bits per heavy atom. The highest BCUT2D eigenvalue weighted by Gasteiger charge is 1.88. The quantitative estimate of drug-likeness (QED) is 0.565. The zero-order chi connectivity index (χ0) is 6.69. The van der Waals surface area contributed by atoms with Crippen molar-refractivity contribution in [1.82, 2.24) is 0 Å². The lowest BCUT2D eigenvalue weighted by molar-refractivity contribution is 0.414. The molecule has 0 amide bonds.